The molecule has 3 heterocycles. The monoisotopic (exact) mass is 497 g/mol. The fraction of sp³-hybridized carbons (Fsp3) is 0. The van der Waals surface area contributed by atoms with E-state index in [0.29, 0.717) is 0 Å². The Kier molecular flexibility index (Phi) is 4.05. The summed E-state index contributed by atoms with van der Waals surface area (Å²) in [5.74, 6) is 0. The van der Waals surface area contributed by atoms with E-state index in [1.807, 2.05) is 0 Å². The first-order valence-electron chi connectivity index (χ1n) is 13.4. The summed E-state index contributed by atoms with van der Waals surface area (Å²) in [6.07, 6.45) is 0. The Morgan fingerprint density at radius 1 is 0.410 bits per heavy atom. The van der Waals surface area contributed by atoms with Gasteiger partial charge in [-0.05, 0) is 35.9 Å². The maximum atomic E-state index is 3.80. The van der Waals surface area contributed by atoms with E-state index in [9.17, 15) is 0 Å². The summed E-state index contributed by atoms with van der Waals surface area (Å²) in [6.45, 7) is 0. The lowest BCUT2D eigenvalue weighted by Crippen LogP contribution is -1.97. The fourth-order valence-corrected chi connectivity index (χ4v) is 6.61. The molecular weight excluding hydrogens is 474 g/mol. The summed E-state index contributed by atoms with van der Waals surface area (Å²) in [4.78, 5) is 7.59. The van der Waals surface area contributed by atoms with Crippen LogP contribution in [0.25, 0.3) is 82.2 Å². The van der Waals surface area contributed by atoms with Gasteiger partial charge in [-0.1, -0.05) is 97.1 Å². The van der Waals surface area contributed by atoms with Crippen LogP contribution in [0.4, 0.5) is 0 Å². The van der Waals surface area contributed by atoms with Crippen molar-refractivity contribution in [3.8, 4) is 16.8 Å². The lowest BCUT2D eigenvalue weighted by atomic mass is 10.0. The maximum absolute atomic E-state index is 3.80. The zero-order valence-electron chi connectivity index (χ0n) is 21.1. The number of nitrogens with one attached hydrogen (secondary N) is 2. The molecule has 0 saturated heterocycles. The van der Waals surface area contributed by atoms with Gasteiger partial charge < -0.3 is 14.5 Å². The molecule has 0 aliphatic carbocycles. The van der Waals surface area contributed by atoms with Crippen LogP contribution in [0.1, 0.15) is 0 Å². The third kappa shape index (κ3) is 2.76. The van der Waals surface area contributed by atoms with Crippen molar-refractivity contribution in [3.63, 3.8) is 0 Å². The van der Waals surface area contributed by atoms with Crippen LogP contribution in [-0.2, 0) is 0 Å². The number of H-pyrrole nitrogens is 2. The van der Waals surface area contributed by atoms with Gasteiger partial charge in [0.05, 0.1) is 27.8 Å². The Bertz CT molecular complexity index is 2250. The van der Waals surface area contributed by atoms with Crippen molar-refractivity contribution in [1.82, 2.24) is 14.5 Å². The van der Waals surface area contributed by atoms with Gasteiger partial charge in [0.25, 0.3) is 0 Å². The molecule has 3 heteroatoms. The first-order valence-corrected chi connectivity index (χ1v) is 13.4. The summed E-state index contributed by atoms with van der Waals surface area (Å²) in [7, 11) is 0. The predicted octanol–water partition coefficient (Wildman–Crippen LogP) is 9.72. The van der Waals surface area contributed by atoms with Crippen molar-refractivity contribution in [2.24, 2.45) is 0 Å². The molecule has 0 aliphatic heterocycles. The van der Waals surface area contributed by atoms with Crippen molar-refractivity contribution in [2.45, 2.75) is 0 Å². The highest BCUT2D eigenvalue weighted by molar-refractivity contribution is 6.32. The van der Waals surface area contributed by atoms with E-state index < -0.39 is 0 Å². The first kappa shape index (κ1) is 20.7. The number of hydrogen-bond acceptors (Lipinski definition) is 0. The standard InChI is InChI=1S/C36H23N3/c1-2-10-22(11-3-1)23-12-6-9-17-30(23)39-31-20-18-26-24-13-4-7-15-28(24)37-35(26)33(31)34-32(39)21-19-27-25-14-5-8-16-29(25)38-36(27)34/h1-21,37-38H. The van der Waals surface area contributed by atoms with E-state index in [0.717, 1.165) is 11.0 Å². The number of nitrogens with zero attached hydrogens (tertiary/aromatic N) is 1. The number of para-hydroxylation sites is 3. The van der Waals surface area contributed by atoms with Crippen molar-refractivity contribution in [2.75, 3.05) is 0 Å². The van der Waals surface area contributed by atoms with Crippen molar-refractivity contribution < 1.29 is 0 Å². The molecule has 9 aromatic rings. The topological polar surface area (TPSA) is 36.5 Å². The average molecular weight is 498 g/mol. The second-order valence-corrected chi connectivity index (χ2v) is 10.3. The second kappa shape index (κ2) is 7.62. The minimum atomic E-state index is 1.16. The molecule has 9 rings (SSSR count). The van der Waals surface area contributed by atoms with E-state index in [1.165, 1.54) is 71.2 Å². The molecule has 182 valence electrons. The molecule has 0 saturated carbocycles. The molecule has 0 aliphatic rings. The molecule has 0 unspecified atom stereocenters. The minimum Gasteiger partial charge on any atom is -0.354 e. The van der Waals surface area contributed by atoms with Gasteiger partial charge in [0.2, 0.25) is 0 Å². The zero-order valence-corrected chi connectivity index (χ0v) is 21.1. The number of rotatable bonds is 2. The summed E-state index contributed by atoms with van der Waals surface area (Å²) in [5.41, 5.74) is 10.7. The van der Waals surface area contributed by atoms with Crippen LogP contribution in [0.5, 0.6) is 0 Å². The molecule has 0 fully saturated rings. The third-order valence-electron chi connectivity index (χ3n) is 8.28. The van der Waals surface area contributed by atoms with Gasteiger partial charge in [0.1, 0.15) is 0 Å². The Balaban J connectivity index is 1.53. The Morgan fingerprint density at radius 3 is 1.54 bits per heavy atom. The van der Waals surface area contributed by atoms with Gasteiger partial charge in [-0.25, -0.2) is 0 Å². The van der Waals surface area contributed by atoms with Crippen LogP contribution >= 0.6 is 0 Å². The fourth-order valence-electron chi connectivity index (χ4n) is 6.61. The highest BCUT2D eigenvalue weighted by atomic mass is 15.0. The number of aromatic nitrogens is 3. The normalized spacial score (nSPS) is 12.1. The summed E-state index contributed by atoms with van der Waals surface area (Å²) >= 11 is 0. The van der Waals surface area contributed by atoms with Crippen LogP contribution in [0.3, 0.4) is 0 Å². The van der Waals surface area contributed by atoms with E-state index in [-0.39, 0.29) is 0 Å². The zero-order chi connectivity index (χ0) is 25.5. The van der Waals surface area contributed by atoms with E-state index >= 15 is 0 Å². The SMILES string of the molecule is c1ccc(-c2ccccc2-n2c3ccc4c5ccccc5[nH]c4c3c3c4[nH]c5ccccc5c4ccc32)cc1. The van der Waals surface area contributed by atoms with Gasteiger partial charge in [0.15, 0.2) is 0 Å². The third-order valence-corrected chi connectivity index (χ3v) is 8.28. The average Bonchev–Trinajstić information content (AvgIpc) is 3.66. The Morgan fingerprint density at radius 2 is 0.923 bits per heavy atom. The summed E-state index contributed by atoms with van der Waals surface area (Å²) in [5, 5.41) is 7.51. The van der Waals surface area contributed by atoms with Gasteiger partial charge in [-0.3, -0.25) is 0 Å². The van der Waals surface area contributed by atoms with E-state index in [1.54, 1.807) is 0 Å². The number of hydrogen-bond donors (Lipinski definition) is 2. The molecule has 2 N–H and O–H groups in total. The highest BCUT2D eigenvalue weighted by Crippen LogP contribution is 2.44. The first-order chi connectivity index (χ1) is 19.4. The minimum absolute atomic E-state index is 1.16. The van der Waals surface area contributed by atoms with Crippen LogP contribution in [-0.4, -0.2) is 14.5 Å². The molecule has 0 bridgehead atoms. The molecule has 6 aromatic carbocycles. The van der Waals surface area contributed by atoms with Gasteiger partial charge in [0, 0.05) is 48.9 Å². The van der Waals surface area contributed by atoms with Crippen molar-refractivity contribution >= 4 is 65.4 Å². The smallest absolute Gasteiger partial charge is 0.0567 e. The van der Waals surface area contributed by atoms with Crippen molar-refractivity contribution in [3.05, 3.63) is 127 Å². The Labute approximate surface area is 223 Å². The summed E-state index contributed by atoms with van der Waals surface area (Å²) in [6, 6.07) is 45.8. The van der Waals surface area contributed by atoms with Crippen LogP contribution in [0.15, 0.2) is 127 Å². The molecule has 0 spiro atoms. The largest absolute Gasteiger partial charge is 0.354 e. The van der Waals surface area contributed by atoms with Crippen molar-refractivity contribution in [1.29, 1.82) is 0 Å². The quantitative estimate of drug-likeness (QED) is 0.238. The predicted molar refractivity (Wildman–Crippen MR) is 165 cm³/mol. The maximum Gasteiger partial charge on any atom is 0.0567 e. The molecule has 0 radical (unpaired) electrons. The molecule has 0 amide bonds. The highest BCUT2D eigenvalue weighted by Gasteiger charge is 2.21. The van der Waals surface area contributed by atoms with Gasteiger partial charge in [-0.15, -0.1) is 0 Å². The molecule has 3 nitrogen and oxygen atoms in total. The number of benzene rings is 6. The van der Waals surface area contributed by atoms with Gasteiger partial charge in [-0.2, -0.15) is 0 Å². The van der Waals surface area contributed by atoms with Crippen LogP contribution < -0.4 is 0 Å². The van der Waals surface area contributed by atoms with E-state index in [4.69, 9.17) is 0 Å². The van der Waals surface area contributed by atoms with Crippen LogP contribution in [0.2, 0.25) is 0 Å². The van der Waals surface area contributed by atoms with Gasteiger partial charge >= 0.3 is 0 Å². The lowest BCUT2D eigenvalue weighted by Gasteiger charge is -2.14. The molecule has 39 heavy (non-hydrogen) atoms. The molecular formula is C36H23N3. The van der Waals surface area contributed by atoms with Crippen LogP contribution in [0, 0.1) is 0 Å². The molecule has 0 atom stereocenters. The summed E-state index contributed by atoms with van der Waals surface area (Å²) < 4.78 is 2.45. The van der Waals surface area contributed by atoms with E-state index in [2.05, 4.69) is 142 Å². The lowest BCUT2D eigenvalue weighted by molar-refractivity contribution is 1.18. The Hall–Kier alpha value is -5.28. The second-order valence-electron chi connectivity index (χ2n) is 10.3. The number of aromatic amines is 2. The number of fused-ring (bicyclic) bond motifs is 11. The molecule has 3 aromatic heterocycles.